The first-order chi connectivity index (χ1) is 13.1. The van der Waals surface area contributed by atoms with Crippen molar-refractivity contribution in [3.05, 3.63) is 41.7 Å². The predicted molar refractivity (Wildman–Crippen MR) is 108 cm³/mol. The van der Waals surface area contributed by atoms with E-state index in [1.165, 1.54) is 0 Å². The van der Waals surface area contributed by atoms with Crippen molar-refractivity contribution in [1.29, 1.82) is 0 Å². The number of nitrogens with one attached hydrogen (secondary N) is 1. The Kier molecular flexibility index (Phi) is 5.00. The number of carbonyl (C=O) groups excluding carboxylic acids is 1. The average molecular weight is 383 g/mol. The van der Waals surface area contributed by atoms with Gasteiger partial charge in [0.2, 0.25) is 0 Å². The number of anilines is 1. The summed E-state index contributed by atoms with van der Waals surface area (Å²) in [6.45, 7) is 3.07. The zero-order valence-corrected chi connectivity index (χ0v) is 15.9. The highest BCUT2D eigenvalue weighted by molar-refractivity contribution is 7.97. The molecule has 1 amide bonds. The zero-order chi connectivity index (χ0) is 18.8. The number of ether oxygens (including phenoxy) is 1. The number of hydrogen-bond acceptors (Lipinski definition) is 6. The number of H-pyrrole nitrogens is 1. The van der Waals surface area contributed by atoms with E-state index in [0.717, 1.165) is 46.8 Å². The molecular weight excluding hydrogens is 362 g/mol. The summed E-state index contributed by atoms with van der Waals surface area (Å²) in [5.74, 6) is 1.96. The van der Waals surface area contributed by atoms with E-state index >= 15 is 0 Å². The second-order valence-electron chi connectivity index (χ2n) is 6.42. The minimum Gasteiger partial charge on any atom is -0.378 e. The smallest absolute Gasteiger partial charge is 0.265 e. The maximum atomic E-state index is 11.4. The fourth-order valence-electron chi connectivity index (χ4n) is 3.19. The van der Waals surface area contributed by atoms with Crippen LogP contribution in [0, 0.1) is 0 Å². The molecule has 0 spiro atoms. The third kappa shape index (κ3) is 3.77. The number of hydrogen-bond donors (Lipinski definition) is 2. The SMILES string of the molecule is CSCc1cc(N2CCOCC2)nc(-c2ccc3cc(C(N)=O)[nH]c3c2)n1. The van der Waals surface area contributed by atoms with Crippen LogP contribution in [0.1, 0.15) is 16.2 Å². The van der Waals surface area contributed by atoms with Gasteiger partial charge in [-0.25, -0.2) is 9.97 Å². The molecule has 140 valence electrons. The monoisotopic (exact) mass is 383 g/mol. The first kappa shape index (κ1) is 17.8. The maximum absolute atomic E-state index is 11.4. The van der Waals surface area contributed by atoms with Crippen LogP contribution in [-0.2, 0) is 10.5 Å². The Morgan fingerprint density at radius 1 is 1.26 bits per heavy atom. The lowest BCUT2D eigenvalue weighted by Crippen LogP contribution is -2.37. The summed E-state index contributed by atoms with van der Waals surface area (Å²) in [4.78, 5) is 26.2. The number of benzene rings is 1. The number of primary amides is 1. The molecule has 3 N–H and O–H groups in total. The number of fused-ring (bicyclic) bond motifs is 1. The molecule has 7 nitrogen and oxygen atoms in total. The molecule has 3 heterocycles. The number of morpholine rings is 1. The van der Waals surface area contributed by atoms with Crippen LogP contribution in [-0.4, -0.2) is 53.4 Å². The van der Waals surface area contributed by atoms with Gasteiger partial charge in [-0.1, -0.05) is 12.1 Å². The molecule has 0 radical (unpaired) electrons. The van der Waals surface area contributed by atoms with Gasteiger partial charge in [0, 0.05) is 41.4 Å². The Labute approximate surface area is 161 Å². The molecule has 1 aliphatic heterocycles. The van der Waals surface area contributed by atoms with Crippen molar-refractivity contribution >= 4 is 34.4 Å². The van der Waals surface area contributed by atoms with Crippen molar-refractivity contribution in [1.82, 2.24) is 15.0 Å². The molecule has 8 heteroatoms. The van der Waals surface area contributed by atoms with Crippen molar-refractivity contribution in [2.24, 2.45) is 5.73 Å². The average Bonchev–Trinajstić information content (AvgIpc) is 3.12. The number of nitrogens with zero attached hydrogens (tertiary/aromatic N) is 3. The highest BCUT2D eigenvalue weighted by atomic mass is 32.2. The van der Waals surface area contributed by atoms with Gasteiger partial charge < -0.3 is 20.4 Å². The summed E-state index contributed by atoms with van der Waals surface area (Å²) in [7, 11) is 0. The molecular formula is C19H21N5O2S. The number of nitrogens with two attached hydrogens (primary N) is 1. The van der Waals surface area contributed by atoms with Crippen LogP contribution in [0.3, 0.4) is 0 Å². The van der Waals surface area contributed by atoms with Crippen LogP contribution in [0.4, 0.5) is 5.82 Å². The van der Waals surface area contributed by atoms with Crippen molar-refractivity contribution in [2.45, 2.75) is 5.75 Å². The Morgan fingerprint density at radius 2 is 2.07 bits per heavy atom. The Balaban J connectivity index is 1.75. The van der Waals surface area contributed by atoms with Crippen molar-refractivity contribution in [3.63, 3.8) is 0 Å². The molecule has 4 rings (SSSR count). The van der Waals surface area contributed by atoms with E-state index in [9.17, 15) is 4.79 Å². The van der Waals surface area contributed by atoms with E-state index < -0.39 is 5.91 Å². The maximum Gasteiger partial charge on any atom is 0.265 e. The Hall–Kier alpha value is -2.58. The minimum atomic E-state index is -0.472. The zero-order valence-electron chi connectivity index (χ0n) is 15.1. The molecule has 0 aliphatic carbocycles. The Bertz CT molecular complexity index is 981. The lowest BCUT2D eigenvalue weighted by Gasteiger charge is -2.28. The van der Waals surface area contributed by atoms with Crippen molar-refractivity contribution in [2.75, 3.05) is 37.5 Å². The molecule has 1 saturated heterocycles. The summed E-state index contributed by atoms with van der Waals surface area (Å²) in [6.07, 6.45) is 2.06. The molecule has 1 aliphatic rings. The van der Waals surface area contributed by atoms with E-state index in [1.807, 2.05) is 18.2 Å². The quantitative estimate of drug-likeness (QED) is 0.702. The normalized spacial score (nSPS) is 14.6. The molecule has 3 aromatic rings. The van der Waals surface area contributed by atoms with Gasteiger partial charge >= 0.3 is 0 Å². The third-order valence-corrected chi connectivity index (χ3v) is 5.12. The second kappa shape index (κ2) is 7.58. The van der Waals surface area contributed by atoms with Crippen LogP contribution in [0.25, 0.3) is 22.3 Å². The summed E-state index contributed by atoms with van der Waals surface area (Å²) < 4.78 is 5.45. The molecule has 0 saturated carbocycles. The summed E-state index contributed by atoms with van der Waals surface area (Å²) in [5, 5.41) is 0.932. The molecule has 27 heavy (non-hydrogen) atoms. The van der Waals surface area contributed by atoms with E-state index in [1.54, 1.807) is 17.8 Å². The highest BCUT2D eigenvalue weighted by Crippen LogP contribution is 2.26. The number of carbonyl (C=O) groups is 1. The van der Waals surface area contributed by atoms with Crippen LogP contribution in [0.15, 0.2) is 30.3 Å². The first-order valence-corrected chi connectivity index (χ1v) is 10.2. The summed E-state index contributed by atoms with van der Waals surface area (Å²) in [6, 6.07) is 9.70. The predicted octanol–water partition coefficient (Wildman–Crippen LogP) is 2.42. The van der Waals surface area contributed by atoms with Gasteiger partial charge in [-0.2, -0.15) is 11.8 Å². The lowest BCUT2D eigenvalue weighted by atomic mass is 10.1. The van der Waals surface area contributed by atoms with Gasteiger partial charge in [0.05, 0.1) is 18.9 Å². The second-order valence-corrected chi connectivity index (χ2v) is 7.29. The van der Waals surface area contributed by atoms with Crippen LogP contribution in [0.5, 0.6) is 0 Å². The van der Waals surface area contributed by atoms with E-state index in [4.69, 9.17) is 20.4 Å². The Morgan fingerprint density at radius 3 is 2.81 bits per heavy atom. The van der Waals surface area contributed by atoms with Gasteiger partial charge in [0.25, 0.3) is 5.91 Å². The number of thioether (sulfide) groups is 1. The fourth-order valence-corrected chi connectivity index (χ4v) is 3.63. The lowest BCUT2D eigenvalue weighted by molar-refractivity contribution is 0.0996. The highest BCUT2D eigenvalue weighted by Gasteiger charge is 2.16. The summed E-state index contributed by atoms with van der Waals surface area (Å²) in [5.41, 5.74) is 8.51. The summed E-state index contributed by atoms with van der Waals surface area (Å²) >= 11 is 1.73. The van der Waals surface area contributed by atoms with Crippen LogP contribution < -0.4 is 10.6 Å². The van der Waals surface area contributed by atoms with Crippen molar-refractivity contribution in [3.8, 4) is 11.4 Å². The fraction of sp³-hybridized carbons (Fsp3) is 0.316. The number of rotatable bonds is 5. The van der Waals surface area contributed by atoms with Gasteiger partial charge in [0.1, 0.15) is 11.5 Å². The van der Waals surface area contributed by atoms with E-state index in [0.29, 0.717) is 24.7 Å². The molecule has 0 atom stereocenters. The van der Waals surface area contributed by atoms with Gasteiger partial charge in [-0.05, 0) is 18.4 Å². The largest absolute Gasteiger partial charge is 0.378 e. The number of aromatic amines is 1. The van der Waals surface area contributed by atoms with Gasteiger partial charge in [-0.3, -0.25) is 4.79 Å². The molecule has 1 aromatic carbocycles. The number of aromatic nitrogens is 3. The topological polar surface area (TPSA) is 97.1 Å². The van der Waals surface area contributed by atoms with Crippen molar-refractivity contribution < 1.29 is 9.53 Å². The standard InChI is InChI=1S/C19H21N5O2S/c1-27-11-14-10-17(24-4-6-26-7-5-24)23-19(21-14)13-3-2-12-8-16(18(20)25)22-15(12)9-13/h2-3,8-10,22H,4-7,11H2,1H3,(H2,20,25). The third-order valence-electron chi connectivity index (χ3n) is 4.54. The molecule has 2 aromatic heterocycles. The first-order valence-electron chi connectivity index (χ1n) is 8.76. The minimum absolute atomic E-state index is 0.396. The van der Waals surface area contributed by atoms with E-state index in [2.05, 4.69) is 22.2 Å². The number of amides is 1. The van der Waals surface area contributed by atoms with Crippen LogP contribution in [0.2, 0.25) is 0 Å². The van der Waals surface area contributed by atoms with Gasteiger partial charge in [-0.15, -0.1) is 0 Å². The van der Waals surface area contributed by atoms with Gasteiger partial charge in [0.15, 0.2) is 5.82 Å². The molecule has 1 fully saturated rings. The molecule has 0 bridgehead atoms. The van der Waals surface area contributed by atoms with E-state index in [-0.39, 0.29) is 0 Å². The van der Waals surface area contributed by atoms with Crippen LogP contribution >= 0.6 is 11.8 Å². The molecule has 0 unspecified atom stereocenters.